The van der Waals surface area contributed by atoms with Gasteiger partial charge in [-0.2, -0.15) is 0 Å². The minimum absolute atomic E-state index is 0.0704. The highest BCUT2D eigenvalue weighted by Crippen LogP contribution is 2.53. The van der Waals surface area contributed by atoms with E-state index in [1.54, 1.807) is 0 Å². The maximum Gasteiger partial charge on any atom is 0.0997 e. The van der Waals surface area contributed by atoms with Gasteiger partial charge in [0.05, 0.1) is 11.7 Å². The lowest BCUT2D eigenvalue weighted by Gasteiger charge is -2.43. The lowest BCUT2D eigenvalue weighted by molar-refractivity contribution is 0.511. The van der Waals surface area contributed by atoms with E-state index in [4.69, 9.17) is 0 Å². The Hall–Kier alpha value is -1.96. The van der Waals surface area contributed by atoms with Crippen molar-refractivity contribution in [2.75, 3.05) is 16.3 Å². The number of para-hydroxylation sites is 1. The molecule has 2 aromatic carbocycles. The average Bonchev–Trinajstić information content (AvgIpc) is 2.92. The van der Waals surface area contributed by atoms with Crippen LogP contribution in [0.1, 0.15) is 36.1 Å². The van der Waals surface area contributed by atoms with Crippen molar-refractivity contribution in [3.8, 4) is 0 Å². The fourth-order valence-corrected chi connectivity index (χ4v) is 4.51. The molecule has 2 aliphatic heterocycles. The quantitative estimate of drug-likeness (QED) is 0.763. The van der Waals surface area contributed by atoms with Crippen molar-refractivity contribution in [3.05, 3.63) is 58.7 Å². The molecule has 2 aliphatic rings. The third-order valence-corrected chi connectivity index (χ3v) is 5.67. The number of hydrogen-bond acceptors (Lipinski definition) is 2. The normalized spacial score (nSPS) is 25.8. The highest BCUT2D eigenvalue weighted by molar-refractivity contribution is 5.74. The molecule has 0 saturated carbocycles. The summed E-state index contributed by atoms with van der Waals surface area (Å²) in [4.78, 5) is 5.18. The molecule has 114 valence electrons. The predicted molar refractivity (Wildman–Crippen MR) is 93.7 cm³/mol. The van der Waals surface area contributed by atoms with E-state index in [1.165, 1.54) is 33.6 Å². The molecule has 2 atom stereocenters. The Kier molecular flexibility index (Phi) is 2.66. The molecule has 0 spiro atoms. The Bertz CT molecular complexity index is 764. The van der Waals surface area contributed by atoms with E-state index >= 15 is 0 Å². The van der Waals surface area contributed by atoms with Crippen LogP contribution in [0.5, 0.6) is 0 Å². The van der Waals surface area contributed by atoms with Gasteiger partial charge in [0, 0.05) is 23.5 Å². The maximum atomic E-state index is 2.63. The van der Waals surface area contributed by atoms with Crippen molar-refractivity contribution in [1.29, 1.82) is 0 Å². The van der Waals surface area contributed by atoms with Crippen LogP contribution < -0.4 is 9.80 Å². The fourth-order valence-electron chi connectivity index (χ4n) is 4.51. The van der Waals surface area contributed by atoms with Crippen molar-refractivity contribution in [1.82, 2.24) is 0 Å². The van der Waals surface area contributed by atoms with E-state index in [0.717, 1.165) is 6.54 Å². The van der Waals surface area contributed by atoms with Crippen molar-refractivity contribution in [3.63, 3.8) is 0 Å². The number of hydrogen-bond donors (Lipinski definition) is 0. The van der Waals surface area contributed by atoms with Gasteiger partial charge in [0.25, 0.3) is 0 Å². The fraction of sp³-hybridized carbons (Fsp3) is 0.400. The Morgan fingerprint density at radius 3 is 2.55 bits per heavy atom. The van der Waals surface area contributed by atoms with Crippen LogP contribution in [0, 0.1) is 20.8 Å². The number of nitrogens with zero attached hydrogens (tertiary/aromatic N) is 2. The van der Waals surface area contributed by atoms with Gasteiger partial charge in [0.2, 0.25) is 0 Å². The molecule has 2 aromatic rings. The van der Waals surface area contributed by atoms with Crippen molar-refractivity contribution in [2.45, 2.75) is 46.3 Å². The summed E-state index contributed by atoms with van der Waals surface area (Å²) in [6.45, 7) is 12.5. The van der Waals surface area contributed by atoms with Gasteiger partial charge >= 0.3 is 0 Å². The SMILES string of the molecule is Cc1cc(C)c(C)c(N2C(C)N3CC2(C)c2ccccc23)c1. The number of anilines is 2. The molecule has 0 aromatic heterocycles. The highest BCUT2D eigenvalue weighted by atomic mass is 15.5. The summed E-state index contributed by atoms with van der Waals surface area (Å²) in [7, 11) is 0. The Morgan fingerprint density at radius 1 is 1.05 bits per heavy atom. The summed E-state index contributed by atoms with van der Waals surface area (Å²) >= 11 is 0. The van der Waals surface area contributed by atoms with Crippen molar-refractivity contribution < 1.29 is 0 Å². The third-order valence-electron chi connectivity index (χ3n) is 5.67. The van der Waals surface area contributed by atoms with Gasteiger partial charge in [-0.05, 0) is 63.4 Å². The molecule has 2 heterocycles. The molecule has 2 nitrogen and oxygen atoms in total. The molecule has 2 bridgehead atoms. The topological polar surface area (TPSA) is 6.48 Å². The van der Waals surface area contributed by atoms with Crippen LogP contribution in [-0.4, -0.2) is 12.7 Å². The summed E-state index contributed by atoms with van der Waals surface area (Å²) in [5.41, 5.74) is 8.48. The van der Waals surface area contributed by atoms with Gasteiger partial charge < -0.3 is 9.80 Å². The average molecular weight is 292 g/mol. The minimum atomic E-state index is 0.0704. The largest absolute Gasteiger partial charge is 0.348 e. The molecule has 2 heteroatoms. The summed E-state index contributed by atoms with van der Waals surface area (Å²) in [6, 6.07) is 13.5. The third kappa shape index (κ3) is 1.55. The monoisotopic (exact) mass is 292 g/mol. The van der Waals surface area contributed by atoms with Crippen LogP contribution in [0.3, 0.4) is 0 Å². The van der Waals surface area contributed by atoms with Crippen LogP contribution in [0.25, 0.3) is 0 Å². The van der Waals surface area contributed by atoms with Crippen LogP contribution in [0.2, 0.25) is 0 Å². The molecule has 4 rings (SSSR count). The van der Waals surface area contributed by atoms with Crippen LogP contribution in [0.15, 0.2) is 36.4 Å². The van der Waals surface area contributed by atoms with Crippen molar-refractivity contribution >= 4 is 11.4 Å². The van der Waals surface area contributed by atoms with E-state index < -0.39 is 0 Å². The molecule has 0 radical (unpaired) electrons. The molecular weight excluding hydrogens is 268 g/mol. The van der Waals surface area contributed by atoms with Crippen molar-refractivity contribution in [2.24, 2.45) is 0 Å². The van der Waals surface area contributed by atoms with E-state index in [9.17, 15) is 0 Å². The summed E-state index contributed by atoms with van der Waals surface area (Å²) in [5.74, 6) is 0. The van der Waals surface area contributed by atoms with E-state index in [2.05, 4.69) is 80.8 Å². The van der Waals surface area contributed by atoms with Gasteiger partial charge in [0.15, 0.2) is 0 Å². The predicted octanol–water partition coefficient (Wildman–Crippen LogP) is 4.51. The summed E-state index contributed by atoms with van der Waals surface area (Å²) in [6.07, 6.45) is 0.403. The molecule has 2 unspecified atom stereocenters. The first-order chi connectivity index (χ1) is 10.4. The number of aryl methyl sites for hydroxylation is 2. The molecule has 1 saturated heterocycles. The van der Waals surface area contributed by atoms with Gasteiger partial charge in [0.1, 0.15) is 0 Å². The lowest BCUT2D eigenvalue weighted by atomic mass is 9.90. The zero-order valence-electron chi connectivity index (χ0n) is 14.1. The molecule has 22 heavy (non-hydrogen) atoms. The molecule has 1 fully saturated rings. The Morgan fingerprint density at radius 2 is 1.77 bits per heavy atom. The van der Waals surface area contributed by atoms with Crippen LogP contribution in [0.4, 0.5) is 11.4 Å². The second kappa shape index (κ2) is 4.28. The second-order valence-electron chi connectivity index (χ2n) is 7.15. The first-order valence-electron chi connectivity index (χ1n) is 8.17. The van der Waals surface area contributed by atoms with Crippen LogP contribution in [-0.2, 0) is 5.54 Å². The molecule has 0 N–H and O–H groups in total. The smallest absolute Gasteiger partial charge is 0.0997 e. The lowest BCUT2D eigenvalue weighted by Crippen LogP contribution is -2.47. The molecule has 0 aliphatic carbocycles. The Labute approximate surface area is 133 Å². The first kappa shape index (κ1) is 13.7. The van der Waals surface area contributed by atoms with Gasteiger partial charge in [-0.25, -0.2) is 0 Å². The van der Waals surface area contributed by atoms with E-state index in [1.807, 2.05) is 0 Å². The van der Waals surface area contributed by atoms with E-state index in [0.29, 0.717) is 6.17 Å². The van der Waals surface area contributed by atoms with E-state index in [-0.39, 0.29) is 5.54 Å². The maximum absolute atomic E-state index is 2.63. The number of benzene rings is 2. The first-order valence-corrected chi connectivity index (χ1v) is 8.17. The highest BCUT2D eigenvalue weighted by Gasteiger charge is 2.54. The minimum Gasteiger partial charge on any atom is -0.348 e. The summed E-state index contributed by atoms with van der Waals surface area (Å²) < 4.78 is 0. The van der Waals surface area contributed by atoms with Gasteiger partial charge in [-0.15, -0.1) is 0 Å². The van der Waals surface area contributed by atoms with Gasteiger partial charge in [-0.1, -0.05) is 24.3 Å². The zero-order chi connectivity index (χ0) is 15.6. The number of rotatable bonds is 1. The molecular formula is C20H24N2. The summed E-state index contributed by atoms with van der Waals surface area (Å²) in [5, 5.41) is 0. The standard InChI is InChI=1S/C20H24N2/c1-13-10-14(2)15(3)19(11-13)22-16(4)21-12-20(22,5)17-8-6-7-9-18(17)21/h6-11,16H,12H2,1-5H3. The van der Waals surface area contributed by atoms with Gasteiger partial charge in [-0.3, -0.25) is 0 Å². The van der Waals surface area contributed by atoms with Crippen LogP contribution >= 0.6 is 0 Å². The zero-order valence-corrected chi connectivity index (χ0v) is 14.1. The molecule has 0 amide bonds. The number of fused-ring (bicyclic) bond motifs is 5. The second-order valence-corrected chi connectivity index (χ2v) is 7.15. The Balaban J connectivity index is 1.92.